The quantitative estimate of drug-likeness (QED) is 0.779. The molecule has 0 atom stereocenters. The summed E-state index contributed by atoms with van der Waals surface area (Å²) in [6.07, 6.45) is 0.873. The van der Waals surface area contributed by atoms with Crippen LogP contribution in [0, 0.1) is 11.3 Å². The van der Waals surface area contributed by atoms with Crippen molar-refractivity contribution < 1.29 is 30.4 Å². The molecule has 1 aromatic heterocycles. The highest BCUT2D eigenvalue weighted by Crippen LogP contribution is 2.43. The lowest BCUT2D eigenvalue weighted by Gasteiger charge is -2.19. The molecule has 0 saturated heterocycles. The molecule has 0 unspecified atom stereocenters. The van der Waals surface area contributed by atoms with Gasteiger partial charge < -0.3 is 0 Å². The number of hydrogen-bond donors (Lipinski definition) is 0. The third-order valence-electron chi connectivity index (χ3n) is 1.87. The highest BCUT2D eigenvalue weighted by atomic mass is 32.2. The zero-order valence-electron chi connectivity index (χ0n) is 8.24. The fourth-order valence-corrected chi connectivity index (χ4v) is 1.76. The monoisotopic (exact) mass is 286 g/mol. The lowest BCUT2D eigenvalue weighted by molar-refractivity contribution is -0.0573. The number of nitrogens with zero attached hydrogens (tertiary/aromatic N) is 2. The Kier molecular flexibility index (Phi) is 3.31. The lowest BCUT2D eigenvalue weighted by atomic mass is 10.2. The van der Waals surface area contributed by atoms with Crippen LogP contribution in [-0.2, 0) is 15.1 Å². The van der Waals surface area contributed by atoms with Crippen LogP contribution in [0.4, 0.5) is 22.0 Å². The minimum absolute atomic E-state index is 0.398. The van der Waals surface area contributed by atoms with Crippen molar-refractivity contribution in [2.45, 2.75) is 10.8 Å². The molecule has 0 fully saturated rings. The number of aromatic nitrogens is 1. The van der Waals surface area contributed by atoms with Gasteiger partial charge in [-0.3, -0.25) is 0 Å². The first-order chi connectivity index (χ1) is 8.05. The summed E-state index contributed by atoms with van der Waals surface area (Å²) in [5, 5.41) is 3.16. The van der Waals surface area contributed by atoms with Gasteiger partial charge in [-0.1, -0.05) is 0 Å². The fourth-order valence-electron chi connectivity index (χ4n) is 1.02. The summed E-state index contributed by atoms with van der Waals surface area (Å²) < 4.78 is 84.5. The minimum atomic E-state index is -6.79. The molecular formula is C8H3F5N2O2S. The molecule has 0 aromatic carbocycles. The van der Waals surface area contributed by atoms with E-state index in [-0.39, 0.29) is 0 Å². The van der Waals surface area contributed by atoms with Crippen molar-refractivity contribution in [2.24, 2.45) is 0 Å². The largest absolute Gasteiger partial charge is 0.503 e. The van der Waals surface area contributed by atoms with E-state index in [0.29, 0.717) is 6.07 Å². The van der Waals surface area contributed by atoms with Gasteiger partial charge in [0.05, 0.1) is 5.56 Å². The fraction of sp³-hybridized carbons (Fsp3) is 0.250. The van der Waals surface area contributed by atoms with Crippen LogP contribution in [0.3, 0.4) is 0 Å². The average molecular weight is 286 g/mol. The van der Waals surface area contributed by atoms with Crippen molar-refractivity contribution >= 4 is 9.84 Å². The number of sulfone groups is 1. The van der Waals surface area contributed by atoms with Crippen LogP contribution in [-0.4, -0.2) is 18.9 Å². The van der Waals surface area contributed by atoms with Crippen LogP contribution in [0.25, 0.3) is 0 Å². The Bertz CT molecular complexity index is 603. The summed E-state index contributed by atoms with van der Waals surface area (Å²) in [5.41, 5.74) is -8.83. The third kappa shape index (κ3) is 2.01. The number of halogens is 5. The first kappa shape index (κ1) is 14.3. The SMILES string of the molecule is N#Cc1ncccc1C(F)(F)S(=O)(=O)C(F)(F)F. The minimum Gasteiger partial charge on any atom is -0.245 e. The molecule has 1 aromatic rings. The molecule has 0 aliphatic rings. The number of pyridine rings is 1. The Morgan fingerprint density at radius 3 is 2.22 bits per heavy atom. The van der Waals surface area contributed by atoms with E-state index >= 15 is 0 Å². The van der Waals surface area contributed by atoms with E-state index in [1.807, 2.05) is 0 Å². The molecule has 0 spiro atoms. The summed E-state index contributed by atoms with van der Waals surface area (Å²) in [7, 11) is -6.79. The number of alkyl halides is 5. The van der Waals surface area contributed by atoms with Crippen molar-refractivity contribution in [3.8, 4) is 6.07 Å². The molecule has 10 heteroatoms. The van der Waals surface area contributed by atoms with Gasteiger partial charge in [0.15, 0.2) is 5.69 Å². The van der Waals surface area contributed by atoms with Gasteiger partial charge in [-0.25, -0.2) is 13.4 Å². The van der Waals surface area contributed by atoms with E-state index in [4.69, 9.17) is 5.26 Å². The van der Waals surface area contributed by atoms with Crippen molar-refractivity contribution in [1.29, 1.82) is 5.26 Å². The topological polar surface area (TPSA) is 70.8 Å². The standard InChI is InChI=1S/C8H3F5N2O2S/c9-7(10,18(16,17)8(11,12)13)5-2-1-3-15-6(5)4-14/h1-3H. The van der Waals surface area contributed by atoms with Gasteiger partial charge in [-0.05, 0) is 12.1 Å². The Morgan fingerprint density at radius 2 is 1.78 bits per heavy atom. The smallest absolute Gasteiger partial charge is 0.245 e. The second-order valence-electron chi connectivity index (χ2n) is 2.98. The number of hydrogen-bond acceptors (Lipinski definition) is 4. The molecule has 0 saturated carbocycles. The van der Waals surface area contributed by atoms with Crippen molar-refractivity contribution in [3.05, 3.63) is 29.6 Å². The van der Waals surface area contributed by atoms with E-state index in [0.717, 1.165) is 18.3 Å². The molecule has 0 amide bonds. The maximum atomic E-state index is 13.4. The Balaban J connectivity index is 3.54. The highest BCUT2D eigenvalue weighted by molar-refractivity contribution is 7.92. The first-order valence-corrected chi connectivity index (χ1v) is 5.58. The Labute approximate surface area is 97.6 Å². The third-order valence-corrected chi connectivity index (χ3v) is 3.37. The van der Waals surface area contributed by atoms with Gasteiger partial charge in [-0.2, -0.15) is 27.2 Å². The van der Waals surface area contributed by atoms with Crippen molar-refractivity contribution in [1.82, 2.24) is 4.98 Å². The molecule has 0 bridgehead atoms. The molecule has 0 radical (unpaired) electrons. The predicted molar refractivity (Wildman–Crippen MR) is 47.8 cm³/mol. The van der Waals surface area contributed by atoms with Crippen LogP contribution in [0.2, 0.25) is 0 Å². The summed E-state index contributed by atoms with van der Waals surface area (Å²) in [6, 6.07) is 2.30. The average Bonchev–Trinajstić information content (AvgIpc) is 2.27. The van der Waals surface area contributed by atoms with E-state index < -0.39 is 31.9 Å². The summed E-state index contributed by atoms with van der Waals surface area (Å²) in [6.45, 7) is 0. The molecule has 1 heterocycles. The molecule has 4 nitrogen and oxygen atoms in total. The van der Waals surface area contributed by atoms with E-state index in [1.54, 1.807) is 0 Å². The summed E-state index contributed by atoms with van der Waals surface area (Å²) in [4.78, 5) is 3.09. The Hall–Kier alpha value is -1.76. The van der Waals surface area contributed by atoms with Crippen LogP contribution in [0.1, 0.15) is 11.3 Å². The number of nitriles is 1. The molecule has 0 aliphatic carbocycles. The molecular weight excluding hydrogens is 283 g/mol. The van der Waals surface area contributed by atoms with Gasteiger partial charge in [0, 0.05) is 6.20 Å². The predicted octanol–water partition coefficient (Wildman–Crippen LogP) is 1.94. The van der Waals surface area contributed by atoms with Crippen LogP contribution in [0.15, 0.2) is 18.3 Å². The normalized spacial score (nSPS) is 13.1. The van der Waals surface area contributed by atoms with E-state index in [2.05, 4.69) is 4.98 Å². The summed E-state index contributed by atoms with van der Waals surface area (Å²) in [5.74, 6) is 0. The van der Waals surface area contributed by atoms with Crippen LogP contribution >= 0.6 is 0 Å². The van der Waals surface area contributed by atoms with E-state index in [9.17, 15) is 30.4 Å². The van der Waals surface area contributed by atoms with Gasteiger partial charge >= 0.3 is 20.6 Å². The van der Waals surface area contributed by atoms with Crippen molar-refractivity contribution in [3.63, 3.8) is 0 Å². The van der Waals surface area contributed by atoms with Gasteiger partial charge in [0.2, 0.25) is 0 Å². The summed E-state index contributed by atoms with van der Waals surface area (Å²) >= 11 is 0. The van der Waals surface area contributed by atoms with Gasteiger partial charge in [-0.15, -0.1) is 0 Å². The first-order valence-electron chi connectivity index (χ1n) is 4.10. The second kappa shape index (κ2) is 4.16. The number of rotatable bonds is 2. The van der Waals surface area contributed by atoms with Crippen LogP contribution in [0.5, 0.6) is 0 Å². The maximum absolute atomic E-state index is 13.4. The molecule has 0 N–H and O–H groups in total. The Morgan fingerprint density at radius 1 is 1.22 bits per heavy atom. The van der Waals surface area contributed by atoms with Crippen LogP contribution < -0.4 is 0 Å². The molecule has 18 heavy (non-hydrogen) atoms. The van der Waals surface area contributed by atoms with Gasteiger partial charge in [0.25, 0.3) is 0 Å². The van der Waals surface area contributed by atoms with Gasteiger partial charge in [0.1, 0.15) is 6.07 Å². The zero-order valence-corrected chi connectivity index (χ0v) is 9.06. The van der Waals surface area contributed by atoms with E-state index in [1.165, 1.54) is 0 Å². The molecule has 98 valence electrons. The molecule has 1 rings (SSSR count). The zero-order chi connectivity index (χ0) is 14.2. The maximum Gasteiger partial charge on any atom is 0.503 e. The molecule has 0 aliphatic heterocycles. The highest BCUT2D eigenvalue weighted by Gasteiger charge is 2.63. The van der Waals surface area contributed by atoms with Crippen molar-refractivity contribution in [2.75, 3.05) is 0 Å². The second-order valence-corrected chi connectivity index (χ2v) is 4.96. The lowest BCUT2D eigenvalue weighted by Crippen LogP contribution is -2.38.